The minimum Gasteiger partial charge on any atom is -0.458 e. The summed E-state index contributed by atoms with van der Waals surface area (Å²) in [5, 5.41) is 0. The molecule has 2 aliphatic carbocycles. The summed E-state index contributed by atoms with van der Waals surface area (Å²) in [6, 6.07) is 6.13. The Morgan fingerprint density at radius 1 is 1.03 bits per heavy atom. The minimum absolute atomic E-state index is 0.142. The van der Waals surface area contributed by atoms with Crippen molar-refractivity contribution in [2.45, 2.75) is 23.5 Å². The van der Waals surface area contributed by atoms with Gasteiger partial charge in [0, 0.05) is 11.8 Å². The number of hydrogen-bond acceptors (Lipinski definition) is 8. The second-order valence-corrected chi connectivity index (χ2v) is 10.4. The fourth-order valence-electron chi connectivity index (χ4n) is 5.49. The first-order chi connectivity index (χ1) is 17.8. The predicted molar refractivity (Wildman–Crippen MR) is 116 cm³/mol. The summed E-state index contributed by atoms with van der Waals surface area (Å²) in [4.78, 5) is 35.9. The van der Waals surface area contributed by atoms with E-state index in [2.05, 4.69) is 11.3 Å². The highest BCUT2D eigenvalue weighted by Gasteiger charge is 2.70. The second kappa shape index (κ2) is 8.91. The fourth-order valence-corrected chi connectivity index (χ4v) is 6.12. The number of hydrogen-bond donors (Lipinski definition) is 1. The van der Waals surface area contributed by atoms with Crippen molar-refractivity contribution in [2.24, 2.45) is 23.7 Å². The molecular weight excluding hydrogens is 540 g/mol. The molecule has 2 aromatic rings. The third-order valence-corrected chi connectivity index (χ3v) is 7.96. The molecule has 0 radical (unpaired) electrons. The summed E-state index contributed by atoms with van der Waals surface area (Å²) < 4.78 is 104. The van der Waals surface area contributed by atoms with Gasteiger partial charge >= 0.3 is 28.0 Å². The Hall–Kier alpha value is -3.78. The lowest BCUT2D eigenvalue weighted by atomic mass is 9.78. The van der Waals surface area contributed by atoms with Gasteiger partial charge in [-0.05, 0) is 24.1 Å². The van der Waals surface area contributed by atoms with Crippen LogP contribution in [0.3, 0.4) is 0 Å². The van der Waals surface area contributed by atoms with Gasteiger partial charge in [0.25, 0.3) is 0 Å². The zero-order chi connectivity index (χ0) is 27.7. The molecule has 2 bridgehead atoms. The van der Waals surface area contributed by atoms with Crippen molar-refractivity contribution in [3.8, 4) is 5.75 Å². The molecule has 2 aromatic carbocycles. The van der Waals surface area contributed by atoms with Crippen LogP contribution in [0.4, 0.5) is 17.6 Å². The van der Waals surface area contributed by atoms with Crippen molar-refractivity contribution in [3.63, 3.8) is 0 Å². The zero-order valence-electron chi connectivity index (χ0n) is 18.9. The van der Waals surface area contributed by atoms with Crippen LogP contribution in [0, 0.1) is 46.9 Å². The third kappa shape index (κ3) is 3.86. The highest BCUT2D eigenvalue weighted by atomic mass is 32.2. The lowest BCUT2D eigenvalue weighted by Gasteiger charge is -2.30. The van der Waals surface area contributed by atoms with Crippen LogP contribution < -0.4 is 4.74 Å². The molecule has 9 nitrogen and oxygen atoms in total. The fraction of sp³-hybridized carbons (Fsp3) is 0.292. The summed E-state index contributed by atoms with van der Waals surface area (Å²) in [6.45, 7) is 3.60. The molecule has 38 heavy (non-hydrogen) atoms. The Bertz CT molecular complexity index is 1480. The van der Waals surface area contributed by atoms with Gasteiger partial charge in [0.2, 0.25) is 17.4 Å². The van der Waals surface area contributed by atoms with E-state index in [0.29, 0.717) is 0 Å². The number of halogens is 4. The SMILES string of the molecule is C=Cc1ccc(C(=O)OC2C3CC4C2OC(=O)C4C3C(=O)Oc2c(F)c(F)c(S(=O)(=O)O)c(F)c2F)cc1. The number of carbonyl (C=O) groups is 3. The van der Waals surface area contributed by atoms with E-state index in [-0.39, 0.29) is 12.0 Å². The van der Waals surface area contributed by atoms with Gasteiger partial charge in [-0.15, -0.1) is 0 Å². The Balaban J connectivity index is 1.43. The first-order valence-electron chi connectivity index (χ1n) is 11.0. The molecule has 1 N–H and O–H groups in total. The maximum atomic E-state index is 14.4. The molecule has 1 heterocycles. The Labute approximate surface area is 211 Å². The standard InChI is InChI=1S/C24H16F4O9S/c1-2-8-3-5-9(6-4-8)22(29)35-18-10-7-11-12(23(30)36-19(11)18)13(10)24(31)37-20-14(25)16(27)21(38(32,33)34)17(28)15(20)26/h2-6,10-13,18-19H,1,7H2,(H,32,33,34). The van der Waals surface area contributed by atoms with Crippen molar-refractivity contribution in [2.75, 3.05) is 0 Å². The molecule has 0 amide bonds. The number of rotatable bonds is 6. The van der Waals surface area contributed by atoms with Gasteiger partial charge in [0.15, 0.2) is 16.5 Å². The number of ether oxygens (including phenoxy) is 3. The van der Waals surface area contributed by atoms with Gasteiger partial charge in [0.05, 0.1) is 17.4 Å². The molecule has 3 fully saturated rings. The first kappa shape index (κ1) is 25.9. The van der Waals surface area contributed by atoms with E-state index in [0.717, 1.165) is 5.56 Å². The Kier molecular flexibility index (Phi) is 6.06. The van der Waals surface area contributed by atoms with Crippen molar-refractivity contribution in [3.05, 3.63) is 65.2 Å². The van der Waals surface area contributed by atoms with Crippen LogP contribution >= 0.6 is 0 Å². The van der Waals surface area contributed by atoms with Gasteiger partial charge < -0.3 is 14.2 Å². The van der Waals surface area contributed by atoms with E-state index in [4.69, 9.17) is 14.0 Å². The van der Waals surface area contributed by atoms with Gasteiger partial charge in [0.1, 0.15) is 12.2 Å². The lowest BCUT2D eigenvalue weighted by Crippen LogP contribution is -2.44. The van der Waals surface area contributed by atoms with E-state index >= 15 is 0 Å². The summed E-state index contributed by atoms with van der Waals surface area (Å²) in [5.41, 5.74) is 0.876. The van der Waals surface area contributed by atoms with Crippen LogP contribution in [0.1, 0.15) is 22.3 Å². The van der Waals surface area contributed by atoms with Crippen molar-refractivity contribution < 1.29 is 59.1 Å². The Morgan fingerprint density at radius 2 is 1.63 bits per heavy atom. The lowest BCUT2D eigenvalue weighted by molar-refractivity contribution is -0.150. The van der Waals surface area contributed by atoms with Gasteiger partial charge in [-0.3, -0.25) is 14.1 Å². The predicted octanol–water partition coefficient (Wildman–Crippen LogP) is 3.07. The van der Waals surface area contributed by atoms with Crippen LogP contribution in [0.2, 0.25) is 0 Å². The topological polar surface area (TPSA) is 133 Å². The Morgan fingerprint density at radius 3 is 2.18 bits per heavy atom. The van der Waals surface area contributed by atoms with Crippen molar-refractivity contribution >= 4 is 34.1 Å². The minimum atomic E-state index is -5.72. The smallest absolute Gasteiger partial charge is 0.338 e. The normalized spacial score (nSPS) is 27.2. The quantitative estimate of drug-likeness (QED) is 0.187. The maximum Gasteiger partial charge on any atom is 0.338 e. The van der Waals surface area contributed by atoms with Crippen LogP contribution in [0.25, 0.3) is 6.08 Å². The highest BCUT2D eigenvalue weighted by Crippen LogP contribution is 2.59. The van der Waals surface area contributed by atoms with Gasteiger partial charge in [-0.25, -0.2) is 13.6 Å². The van der Waals surface area contributed by atoms with Crippen LogP contribution in [-0.4, -0.2) is 43.1 Å². The number of esters is 3. The van der Waals surface area contributed by atoms with Crippen LogP contribution in [-0.2, 0) is 29.2 Å². The maximum absolute atomic E-state index is 14.4. The molecule has 200 valence electrons. The molecular formula is C24H16F4O9S. The van der Waals surface area contributed by atoms with E-state index in [1.54, 1.807) is 18.2 Å². The van der Waals surface area contributed by atoms with Crippen LogP contribution in [0.15, 0.2) is 35.7 Å². The summed E-state index contributed by atoms with van der Waals surface area (Å²) in [5.74, 6) is -18.9. The van der Waals surface area contributed by atoms with E-state index < -0.39 is 97.8 Å². The average molecular weight is 556 g/mol. The molecule has 1 saturated heterocycles. The first-order valence-corrected chi connectivity index (χ1v) is 12.5. The second-order valence-electron chi connectivity index (χ2n) is 9.02. The molecule has 5 rings (SSSR count). The van der Waals surface area contributed by atoms with Gasteiger partial charge in [-0.2, -0.15) is 17.2 Å². The van der Waals surface area contributed by atoms with Crippen molar-refractivity contribution in [1.29, 1.82) is 0 Å². The summed E-state index contributed by atoms with van der Waals surface area (Å²) in [6.07, 6.45) is -0.310. The van der Waals surface area contributed by atoms with Gasteiger partial charge in [-0.1, -0.05) is 24.8 Å². The van der Waals surface area contributed by atoms with E-state index in [1.807, 2.05) is 0 Å². The van der Waals surface area contributed by atoms with Crippen molar-refractivity contribution in [1.82, 2.24) is 0 Å². The number of benzene rings is 2. The molecule has 1 aliphatic heterocycles. The molecule has 0 aromatic heterocycles. The van der Waals surface area contributed by atoms with Crippen LogP contribution in [0.5, 0.6) is 5.75 Å². The number of carbonyl (C=O) groups excluding carboxylic acids is 3. The third-order valence-electron chi connectivity index (χ3n) is 7.09. The molecule has 2 saturated carbocycles. The molecule has 6 atom stereocenters. The summed E-state index contributed by atoms with van der Waals surface area (Å²) in [7, 11) is -5.72. The highest BCUT2D eigenvalue weighted by molar-refractivity contribution is 7.85. The monoisotopic (exact) mass is 556 g/mol. The molecule has 14 heteroatoms. The van der Waals surface area contributed by atoms with E-state index in [9.17, 15) is 40.4 Å². The molecule has 6 unspecified atom stereocenters. The van der Waals surface area contributed by atoms with E-state index in [1.165, 1.54) is 12.1 Å². The average Bonchev–Trinajstić information content (AvgIpc) is 3.48. The number of fused-ring (bicyclic) bond motifs is 1. The molecule has 0 spiro atoms. The molecule has 3 aliphatic rings. The largest absolute Gasteiger partial charge is 0.458 e. The zero-order valence-corrected chi connectivity index (χ0v) is 19.7. The summed E-state index contributed by atoms with van der Waals surface area (Å²) >= 11 is 0.